The minimum Gasteiger partial charge on any atom is -0.463 e. The lowest BCUT2D eigenvalue weighted by atomic mass is 9.85. The molecule has 22 heavy (non-hydrogen) atoms. The standard InChI is InChI=1S/C19H23NO2/c1-3-22-19(21)18-14(2)20(13-15-9-5-4-6-10-15)17-12-8-7-11-16(17)18/h4-6,8-10,12,16-17H,3,7,11,13H2,1-2H3/t16-,17+/m0/s1. The Hall–Kier alpha value is -2.03. The molecular weight excluding hydrogens is 274 g/mol. The van der Waals surface area contributed by atoms with Gasteiger partial charge in [-0.1, -0.05) is 42.5 Å². The van der Waals surface area contributed by atoms with E-state index in [1.165, 1.54) is 5.56 Å². The number of ether oxygens (including phenoxy) is 1. The highest BCUT2D eigenvalue weighted by Gasteiger charge is 2.41. The van der Waals surface area contributed by atoms with Crippen molar-refractivity contribution in [1.29, 1.82) is 0 Å². The molecule has 3 nitrogen and oxygen atoms in total. The summed E-state index contributed by atoms with van der Waals surface area (Å²) in [5, 5.41) is 0. The maximum Gasteiger partial charge on any atom is 0.336 e. The van der Waals surface area contributed by atoms with Crippen LogP contribution >= 0.6 is 0 Å². The van der Waals surface area contributed by atoms with Gasteiger partial charge in [0.15, 0.2) is 0 Å². The van der Waals surface area contributed by atoms with Gasteiger partial charge in [0.05, 0.1) is 18.2 Å². The predicted molar refractivity (Wildman–Crippen MR) is 87.0 cm³/mol. The molecule has 1 heterocycles. The molecule has 2 atom stereocenters. The molecule has 1 aliphatic carbocycles. The van der Waals surface area contributed by atoms with Crippen molar-refractivity contribution in [3.8, 4) is 0 Å². The summed E-state index contributed by atoms with van der Waals surface area (Å²) in [5.74, 6) is 0.133. The van der Waals surface area contributed by atoms with E-state index in [-0.39, 0.29) is 17.9 Å². The number of hydrogen-bond acceptors (Lipinski definition) is 3. The molecule has 3 heteroatoms. The van der Waals surface area contributed by atoms with E-state index in [1.807, 2.05) is 13.0 Å². The zero-order valence-corrected chi connectivity index (χ0v) is 13.3. The highest BCUT2D eigenvalue weighted by Crippen LogP contribution is 2.41. The monoisotopic (exact) mass is 297 g/mol. The molecule has 1 aromatic carbocycles. The summed E-state index contributed by atoms with van der Waals surface area (Å²) in [6.45, 7) is 5.19. The molecule has 0 unspecified atom stereocenters. The molecule has 0 N–H and O–H groups in total. The fourth-order valence-corrected chi connectivity index (χ4v) is 3.61. The zero-order valence-electron chi connectivity index (χ0n) is 13.3. The van der Waals surface area contributed by atoms with Crippen molar-refractivity contribution < 1.29 is 9.53 Å². The molecule has 0 saturated carbocycles. The third-order valence-corrected chi connectivity index (χ3v) is 4.63. The van der Waals surface area contributed by atoms with Crippen LogP contribution in [0.25, 0.3) is 0 Å². The number of carbonyl (C=O) groups excluding carboxylic acids is 1. The van der Waals surface area contributed by atoms with Gasteiger partial charge in [-0.3, -0.25) is 0 Å². The first kappa shape index (κ1) is 14.9. The molecular formula is C19H23NO2. The zero-order chi connectivity index (χ0) is 15.5. The van der Waals surface area contributed by atoms with Crippen LogP contribution in [-0.2, 0) is 16.1 Å². The quantitative estimate of drug-likeness (QED) is 0.627. The van der Waals surface area contributed by atoms with Crippen LogP contribution in [0.3, 0.4) is 0 Å². The first-order valence-electron chi connectivity index (χ1n) is 8.07. The third-order valence-electron chi connectivity index (χ3n) is 4.63. The first-order chi connectivity index (χ1) is 10.7. The van der Waals surface area contributed by atoms with Gasteiger partial charge in [-0.2, -0.15) is 0 Å². The van der Waals surface area contributed by atoms with Crippen molar-refractivity contribution >= 4 is 5.97 Å². The van der Waals surface area contributed by atoms with Crippen LogP contribution in [-0.4, -0.2) is 23.5 Å². The number of benzene rings is 1. The lowest BCUT2D eigenvalue weighted by Gasteiger charge is -2.31. The molecule has 0 fully saturated rings. The topological polar surface area (TPSA) is 29.5 Å². The van der Waals surface area contributed by atoms with Gasteiger partial charge in [0, 0.05) is 18.2 Å². The number of fused-ring (bicyclic) bond motifs is 1. The third kappa shape index (κ3) is 2.68. The highest BCUT2D eigenvalue weighted by molar-refractivity contribution is 5.90. The van der Waals surface area contributed by atoms with Gasteiger partial charge in [-0.25, -0.2) is 4.79 Å². The Morgan fingerprint density at radius 2 is 2.09 bits per heavy atom. The number of carbonyl (C=O) groups is 1. The normalized spacial score (nSPS) is 23.6. The summed E-state index contributed by atoms with van der Waals surface area (Å²) in [7, 11) is 0. The van der Waals surface area contributed by atoms with Crippen LogP contribution in [0.2, 0.25) is 0 Å². The van der Waals surface area contributed by atoms with Crippen molar-refractivity contribution in [2.75, 3.05) is 6.61 Å². The van der Waals surface area contributed by atoms with Crippen LogP contribution in [0.4, 0.5) is 0 Å². The van der Waals surface area contributed by atoms with Crippen molar-refractivity contribution in [2.24, 2.45) is 5.92 Å². The largest absolute Gasteiger partial charge is 0.463 e. The fourth-order valence-electron chi connectivity index (χ4n) is 3.61. The van der Waals surface area contributed by atoms with E-state index in [0.717, 1.165) is 30.7 Å². The second kappa shape index (κ2) is 6.39. The number of nitrogens with zero attached hydrogens (tertiary/aromatic N) is 1. The van der Waals surface area contributed by atoms with E-state index < -0.39 is 0 Å². The highest BCUT2D eigenvalue weighted by atomic mass is 16.5. The smallest absolute Gasteiger partial charge is 0.336 e. The van der Waals surface area contributed by atoms with E-state index in [1.54, 1.807) is 0 Å². The van der Waals surface area contributed by atoms with Gasteiger partial charge >= 0.3 is 5.97 Å². The van der Waals surface area contributed by atoms with Crippen molar-refractivity contribution in [2.45, 2.75) is 39.3 Å². The minimum atomic E-state index is -0.138. The average molecular weight is 297 g/mol. The summed E-state index contributed by atoms with van der Waals surface area (Å²) < 4.78 is 5.30. The molecule has 0 radical (unpaired) electrons. The molecule has 0 amide bonds. The predicted octanol–water partition coefficient (Wildman–Crippen LogP) is 3.67. The summed E-state index contributed by atoms with van der Waals surface area (Å²) in [4.78, 5) is 14.7. The van der Waals surface area contributed by atoms with Crippen molar-refractivity contribution in [3.63, 3.8) is 0 Å². The van der Waals surface area contributed by atoms with Gasteiger partial charge in [0.25, 0.3) is 0 Å². The van der Waals surface area contributed by atoms with E-state index >= 15 is 0 Å². The lowest BCUT2D eigenvalue weighted by molar-refractivity contribution is -0.139. The Bertz CT molecular complexity index is 603. The van der Waals surface area contributed by atoms with Crippen molar-refractivity contribution in [1.82, 2.24) is 4.90 Å². The maximum absolute atomic E-state index is 12.4. The average Bonchev–Trinajstić information content (AvgIpc) is 2.81. The molecule has 0 bridgehead atoms. The van der Waals surface area contributed by atoms with E-state index in [4.69, 9.17) is 4.74 Å². The molecule has 3 rings (SSSR count). The SMILES string of the molecule is CCOC(=O)C1=C(C)N(Cc2ccccc2)[C@@H]2C=CCC[C@H]12. The molecule has 0 aromatic heterocycles. The molecule has 0 saturated heterocycles. The van der Waals surface area contributed by atoms with Gasteiger partial charge < -0.3 is 9.64 Å². The van der Waals surface area contributed by atoms with Crippen LogP contribution < -0.4 is 0 Å². The van der Waals surface area contributed by atoms with E-state index in [9.17, 15) is 4.79 Å². The van der Waals surface area contributed by atoms with E-state index in [2.05, 4.69) is 48.2 Å². The molecule has 2 aliphatic rings. The van der Waals surface area contributed by atoms with Gasteiger partial charge in [-0.05, 0) is 32.3 Å². The summed E-state index contributed by atoms with van der Waals surface area (Å²) in [5.41, 5.74) is 3.22. The van der Waals surface area contributed by atoms with Crippen LogP contribution in [0.15, 0.2) is 53.8 Å². The molecule has 1 aliphatic heterocycles. The van der Waals surface area contributed by atoms with Crippen molar-refractivity contribution in [3.05, 3.63) is 59.3 Å². The molecule has 116 valence electrons. The van der Waals surface area contributed by atoms with Crippen LogP contribution in [0.1, 0.15) is 32.3 Å². The second-order valence-electron chi connectivity index (χ2n) is 5.94. The Morgan fingerprint density at radius 3 is 2.82 bits per heavy atom. The molecule has 1 aromatic rings. The summed E-state index contributed by atoms with van der Waals surface area (Å²) >= 11 is 0. The second-order valence-corrected chi connectivity index (χ2v) is 5.94. The maximum atomic E-state index is 12.4. The summed E-state index contributed by atoms with van der Waals surface area (Å²) in [6.07, 6.45) is 6.56. The number of esters is 1. The molecule has 0 spiro atoms. The Labute approximate surface area is 132 Å². The Kier molecular flexibility index (Phi) is 4.32. The summed E-state index contributed by atoms with van der Waals surface area (Å²) in [6, 6.07) is 10.7. The first-order valence-corrected chi connectivity index (χ1v) is 8.07. The van der Waals surface area contributed by atoms with Gasteiger partial charge in [0.2, 0.25) is 0 Å². The van der Waals surface area contributed by atoms with Gasteiger partial charge in [-0.15, -0.1) is 0 Å². The van der Waals surface area contributed by atoms with Crippen LogP contribution in [0, 0.1) is 5.92 Å². The Balaban J connectivity index is 1.91. The number of allylic oxidation sites excluding steroid dienone is 2. The lowest BCUT2D eigenvalue weighted by Crippen LogP contribution is -2.33. The van der Waals surface area contributed by atoms with Crippen LogP contribution in [0.5, 0.6) is 0 Å². The van der Waals surface area contributed by atoms with E-state index in [0.29, 0.717) is 6.61 Å². The fraction of sp³-hybridized carbons (Fsp3) is 0.421. The Morgan fingerprint density at radius 1 is 1.32 bits per heavy atom. The van der Waals surface area contributed by atoms with Gasteiger partial charge in [0.1, 0.15) is 0 Å². The number of hydrogen-bond donors (Lipinski definition) is 0. The minimum absolute atomic E-state index is 0.138. The number of rotatable bonds is 4.